The first-order chi connectivity index (χ1) is 32.5. The second-order valence-electron chi connectivity index (χ2n) is 16.2. The number of piperidine rings is 1. The van der Waals surface area contributed by atoms with Crippen molar-refractivity contribution in [1.82, 2.24) is 39.1 Å². The number of methoxy groups -OCH3 is 1. The smallest absolute Gasteiger partial charge is 0.410 e. The van der Waals surface area contributed by atoms with Gasteiger partial charge in [-0.05, 0) is 90.8 Å². The average Bonchev–Trinajstić information content (AvgIpc) is 3.97. The van der Waals surface area contributed by atoms with E-state index in [1.165, 1.54) is 37.5 Å². The molecule has 0 bridgehead atoms. The number of benzene rings is 2. The zero-order valence-corrected chi connectivity index (χ0v) is 39.2. The Hall–Kier alpha value is -8.15. The summed E-state index contributed by atoms with van der Waals surface area (Å²) in [5, 5.41) is 21.1. The summed E-state index contributed by atoms with van der Waals surface area (Å²) >= 11 is 0. The van der Waals surface area contributed by atoms with E-state index in [-0.39, 0.29) is 89.3 Å². The molecular weight excluding hydrogens is 875 g/mol. The largest absolute Gasteiger partial charge is 0.494 e. The SMILES string of the molecule is CCN/C(=C\C(C)=N)C(=O)Nc1nc2cc(C(N)=O)cc(OCC#CC3CCN(C(=O)OC(C)C)CC3)c2n1C/C=C/Cn1c(NC(=O)c2cc(C)nn2CC)nc2cc(C(N)=O)cc(OC)c21. The van der Waals surface area contributed by atoms with Gasteiger partial charge in [0.1, 0.15) is 40.5 Å². The number of fused-ring (bicyclic) bond motifs is 2. The number of likely N-dealkylation sites (N-methyl/N-ethyl adjacent to an activating group) is 1. The first kappa shape index (κ1) is 49.3. The van der Waals surface area contributed by atoms with Crippen LogP contribution in [0.1, 0.15) is 84.4 Å². The zero-order chi connectivity index (χ0) is 49.2. The number of aryl methyl sites for hydroxylation is 2. The third kappa shape index (κ3) is 11.6. The number of nitrogens with one attached hydrogen (secondary N) is 4. The van der Waals surface area contributed by atoms with E-state index in [0.29, 0.717) is 67.0 Å². The van der Waals surface area contributed by atoms with Gasteiger partial charge < -0.3 is 50.4 Å². The van der Waals surface area contributed by atoms with Crippen LogP contribution < -0.4 is 36.9 Å². The fraction of sp³-hybridized carbons (Fsp3) is 0.383. The Kier molecular flexibility index (Phi) is 15.9. The molecule has 5 aromatic rings. The van der Waals surface area contributed by atoms with Gasteiger partial charge in [-0.1, -0.05) is 24.0 Å². The second-order valence-corrected chi connectivity index (χ2v) is 16.2. The fourth-order valence-corrected chi connectivity index (χ4v) is 7.61. The maximum Gasteiger partial charge on any atom is 0.410 e. The molecule has 8 N–H and O–H groups in total. The minimum absolute atomic E-state index is 0.0235. The van der Waals surface area contributed by atoms with Crippen LogP contribution in [0.25, 0.3) is 22.1 Å². The number of hydrogen-bond donors (Lipinski definition) is 6. The van der Waals surface area contributed by atoms with Crippen LogP contribution in [0.3, 0.4) is 0 Å². The predicted molar refractivity (Wildman–Crippen MR) is 256 cm³/mol. The van der Waals surface area contributed by atoms with Gasteiger partial charge in [0.15, 0.2) is 0 Å². The van der Waals surface area contributed by atoms with E-state index >= 15 is 0 Å². The third-order valence-corrected chi connectivity index (χ3v) is 10.7. The fourth-order valence-electron chi connectivity index (χ4n) is 7.61. The molecule has 0 atom stereocenters. The van der Waals surface area contributed by atoms with Crippen molar-refractivity contribution in [2.75, 3.05) is 44.0 Å². The highest BCUT2D eigenvalue weighted by molar-refractivity contribution is 6.08. The maximum atomic E-state index is 13.7. The molecule has 21 heteroatoms. The van der Waals surface area contributed by atoms with E-state index in [4.69, 9.17) is 36.1 Å². The van der Waals surface area contributed by atoms with E-state index < -0.39 is 23.6 Å². The van der Waals surface area contributed by atoms with Crippen molar-refractivity contribution in [2.24, 2.45) is 17.4 Å². The third-order valence-electron chi connectivity index (χ3n) is 10.7. The molecule has 0 radical (unpaired) electrons. The number of nitrogens with two attached hydrogens (primary N) is 2. The van der Waals surface area contributed by atoms with Gasteiger partial charge in [0.2, 0.25) is 23.7 Å². The minimum atomic E-state index is -0.729. The highest BCUT2D eigenvalue weighted by Gasteiger charge is 2.25. The van der Waals surface area contributed by atoms with Crippen LogP contribution in [-0.2, 0) is 29.2 Å². The lowest BCUT2D eigenvalue weighted by Crippen LogP contribution is -2.39. The summed E-state index contributed by atoms with van der Waals surface area (Å²) in [6.45, 7) is 12.7. The van der Waals surface area contributed by atoms with Crippen molar-refractivity contribution in [2.45, 2.75) is 80.1 Å². The van der Waals surface area contributed by atoms with Crippen molar-refractivity contribution in [3.8, 4) is 23.3 Å². The van der Waals surface area contributed by atoms with Gasteiger partial charge in [-0.2, -0.15) is 5.10 Å². The van der Waals surface area contributed by atoms with Crippen molar-refractivity contribution >= 4 is 69.4 Å². The number of allylic oxidation sites excluding steroid dienone is 3. The molecule has 0 unspecified atom stereocenters. The van der Waals surface area contributed by atoms with E-state index in [2.05, 4.69) is 37.9 Å². The number of rotatable bonds is 18. The lowest BCUT2D eigenvalue weighted by Gasteiger charge is -2.29. The Morgan fingerprint density at radius 1 is 0.897 bits per heavy atom. The zero-order valence-electron chi connectivity index (χ0n) is 39.2. The van der Waals surface area contributed by atoms with Crippen molar-refractivity contribution in [3.05, 3.63) is 76.8 Å². The van der Waals surface area contributed by atoms with Crippen LogP contribution in [-0.4, -0.2) is 109 Å². The lowest BCUT2D eigenvalue weighted by molar-refractivity contribution is -0.113. The second kappa shape index (κ2) is 21.9. The molecule has 5 amide bonds. The van der Waals surface area contributed by atoms with E-state index in [0.717, 1.165) is 0 Å². The minimum Gasteiger partial charge on any atom is -0.494 e. The molecule has 0 aliphatic carbocycles. The van der Waals surface area contributed by atoms with Gasteiger partial charge in [-0.15, -0.1) is 0 Å². The molecule has 0 spiro atoms. The number of imidazole rings is 2. The van der Waals surface area contributed by atoms with Crippen LogP contribution in [0, 0.1) is 30.1 Å². The van der Waals surface area contributed by atoms with Crippen LogP contribution >= 0.6 is 0 Å². The number of ether oxygens (including phenoxy) is 3. The number of likely N-dealkylation sites (tertiary alicyclic amines) is 1. The lowest BCUT2D eigenvalue weighted by atomic mass is 9.98. The molecule has 3 aromatic heterocycles. The molecule has 0 saturated carbocycles. The summed E-state index contributed by atoms with van der Waals surface area (Å²) in [7, 11) is 1.44. The quantitative estimate of drug-likeness (QED) is 0.0301. The highest BCUT2D eigenvalue weighted by atomic mass is 16.6. The standard InChI is InChI=1S/C47H57N13O8/c1-8-51-35(21-28(5)48)43(63)54-45-53-34-24-32(42(50)62)26-38(67-20-12-13-30-14-18-57(19-15-30)47(65)68-27(3)4)40(34)59(45)17-11-10-16-58-39-33(23-31(41(49)61)25-37(39)66-7)52-46(58)55-44(64)36-22-29(6)56-60(36)9-2/h10-11,21-27,30,48,51H,8-9,14-20H2,1-7H3,(H2,49,61)(H2,50,62)(H,52,55,64)(H,53,54,63)/b11-10+,35-21-,48-28?. The Balaban J connectivity index is 1.36. The summed E-state index contributed by atoms with van der Waals surface area (Å²) in [6, 6.07) is 7.67. The normalized spacial score (nSPS) is 13.1. The van der Waals surface area contributed by atoms with Gasteiger partial charge in [-0.25, -0.2) is 14.8 Å². The number of anilines is 2. The number of nitrogens with zero attached hydrogens (tertiary/aromatic N) is 7. The Morgan fingerprint density at radius 2 is 1.49 bits per heavy atom. The van der Waals surface area contributed by atoms with Gasteiger partial charge in [-0.3, -0.25) is 34.5 Å². The Morgan fingerprint density at radius 3 is 2.03 bits per heavy atom. The molecule has 358 valence electrons. The molecule has 1 aliphatic rings. The number of amides is 5. The summed E-state index contributed by atoms with van der Waals surface area (Å²) < 4.78 is 22.3. The van der Waals surface area contributed by atoms with E-state index in [9.17, 15) is 24.0 Å². The number of primary amides is 2. The van der Waals surface area contributed by atoms with Crippen LogP contribution in [0.4, 0.5) is 16.7 Å². The van der Waals surface area contributed by atoms with E-state index in [1.807, 2.05) is 27.7 Å². The average molecular weight is 932 g/mol. The van der Waals surface area contributed by atoms with E-state index in [1.54, 1.807) is 50.8 Å². The van der Waals surface area contributed by atoms with Gasteiger partial charge in [0, 0.05) is 62.0 Å². The predicted octanol–water partition coefficient (Wildman–Crippen LogP) is 4.74. The molecule has 1 saturated heterocycles. The number of carbonyl (C=O) groups is 5. The van der Waals surface area contributed by atoms with Gasteiger partial charge in [0.05, 0.1) is 29.9 Å². The highest BCUT2D eigenvalue weighted by Crippen LogP contribution is 2.33. The summed E-state index contributed by atoms with van der Waals surface area (Å²) in [5.41, 5.74) is 14.4. The van der Waals surface area contributed by atoms with Crippen molar-refractivity contribution in [1.29, 1.82) is 5.41 Å². The topological polar surface area (TPSA) is 282 Å². The number of aromatic nitrogens is 6. The van der Waals surface area contributed by atoms with Gasteiger partial charge >= 0.3 is 6.09 Å². The first-order valence-corrected chi connectivity index (χ1v) is 22.1. The summed E-state index contributed by atoms with van der Waals surface area (Å²) in [4.78, 5) is 75.8. The Labute approximate surface area is 392 Å². The number of hydrogen-bond acceptors (Lipinski definition) is 13. The monoisotopic (exact) mass is 931 g/mol. The Bertz CT molecular complexity index is 2890. The molecule has 1 aliphatic heterocycles. The first-order valence-electron chi connectivity index (χ1n) is 22.1. The molecule has 21 nitrogen and oxygen atoms in total. The van der Waals surface area contributed by atoms with Crippen LogP contribution in [0.5, 0.6) is 11.5 Å². The maximum absolute atomic E-state index is 13.7. The summed E-state index contributed by atoms with van der Waals surface area (Å²) in [6.07, 6.45) is 5.77. The molecular formula is C47H57N13O8. The van der Waals surface area contributed by atoms with Crippen molar-refractivity contribution in [3.63, 3.8) is 0 Å². The molecule has 68 heavy (non-hydrogen) atoms. The molecule has 1 fully saturated rings. The van der Waals surface area contributed by atoms with Gasteiger partial charge in [0.25, 0.3) is 11.8 Å². The van der Waals surface area contributed by atoms with Crippen molar-refractivity contribution < 1.29 is 38.2 Å². The van der Waals surface area contributed by atoms with Crippen LogP contribution in [0.15, 0.2) is 54.3 Å². The molecule has 6 rings (SSSR count). The summed E-state index contributed by atoms with van der Waals surface area (Å²) in [5.74, 6) is 4.65. The molecule has 2 aromatic carbocycles. The number of carbonyl (C=O) groups excluding carboxylic acids is 5. The van der Waals surface area contributed by atoms with Crippen LogP contribution in [0.2, 0.25) is 0 Å². The molecule has 4 heterocycles.